The van der Waals surface area contributed by atoms with Gasteiger partial charge in [0.15, 0.2) is 17.5 Å². The van der Waals surface area contributed by atoms with E-state index in [1.165, 1.54) is 92.9 Å². The molecule has 3 heterocycles. The van der Waals surface area contributed by atoms with Crippen LogP contribution in [-0.4, -0.2) is 21.7 Å². The maximum atomic E-state index is 5.83. The molecule has 16 rings (SSSR count). The van der Waals surface area contributed by atoms with Crippen molar-refractivity contribution >= 4 is 100 Å². The summed E-state index contributed by atoms with van der Waals surface area (Å²) in [6.07, 6.45) is 0. The number of rotatable bonds is 7. The van der Waals surface area contributed by atoms with Crippen LogP contribution >= 0.6 is 0 Å². The Balaban J connectivity index is 1.06. The lowest BCUT2D eigenvalue weighted by atomic mass is 9.33. The first-order chi connectivity index (χ1) is 45.6. The molecule has 462 valence electrons. The van der Waals surface area contributed by atoms with Crippen molar-refractivity contribution in [1.82, 2.24) is 15.0 Å². The second kappa shape index (κ2) is 22.1. The molecule has 0 atom stereocenters. The van der Waals surface area contributed by atoms with Crippen LogP contribution in [0.25, 0.3) is 99.5 Å². The van der Waals surface area contributed by atoms with E-state index in [2.05, 4.69) is 348 Å². The van der Waals surface area contributed by atoms with Crippen molar-refractivity contribution in [3.63, 3.8) is 0 Å². The van der Waals surface area contributed by atoms with Crippen LogP contribution in [0.5, 0.6) is 0 Å². The number of nitrogens with zero attached hydrogens (tertiary/aromatic N) is 5. The number of hydrogen-bond acceptors (Lipinski definition) is 5. The van der Waals surface area contributed by atoms with Crippen LogP contribution in [0.2, 0.25) is 0 Å². The summed E-state index contributed by atoms with van der Waals surface area (Å²) in [6.45, 7) is 27.4. The fourth-order valence-electron chi connectivity index (χ4n) is 14.7. The third-order valence-corrected chi connectivity index (χ3v) is 20.0. The Morgan fingerprint density at radius 1 is 0.263 bits per heavy atom. The summed E-state index contributed by atoms with van der Waals surface area (Å²) in [4.78, 5) is 22.5. The lowest BCUT2D eigenvalue weighted by Crippen LogP contribution is -2.61. The third-order valence-electron chi connectivity index (χ3n) is 20.0. The van der Waals surface area contributed by atoms with Crippen molar-refractivity contribution in [3.05, 3.63) is 277 Å². The lowest BCUT2D eigenvalue weighted by Gasteiger charge is -2.45. The minimum absolute atomic E-state index is 0.153. The van der Waals surface area contributed by atoms with Crippen molar-refractivity contribution in [3.8, 4) is 56.4 Å². The average molecular weight is 1230 g/mol. The quantitative estimate of drug-likeness (QED) is 0.118. The van der Waals surface area contributed by atoms with Crippen LogP contribution in [0.15, 0.2) is 255 Å². The number of aromatic nitrogens is 3. The van der Waals surface area contributed by atoms with Gasteiger partial charge in [0.1, 0.15) is 0 Å². The molecule has 95 heavy (non-hydrogen) atoms. The Labute approximate surface area is 560 Å². The molecule has 0 saturated heterocycles. The summed E-state index contributed by atoms with van der Waals surface area (Å²) >= 11 is 0. The monoisotopic (exact) mass is 1230 g/mol. The largest absolute Gasteiger partial charge is 0.311 e. The van der Waals surface area contributed by atoms with Crippen LogP contribution in [0.4, 0.5) is 34.1 Å². The second-order valence-corrected chi connectivity index (χ2v) is 30.5. The summed E-state index contributed by atoms with van der Waals surface area (Å²) in [5.74, 6) is 1.87. The van der Waals surface area contributed by atoms with Crippen LogP contribution in [0.1, 0.15) is 105 Å². The van der Waals surface area contributed by atoms with Gasteiger partial charge in [-0.3, -0.25) is 0 Å². The van der Waals surface area contributed by atoms with Crippen molar-refractivity contribution in [2.24, 2.45) is 0 Å². The van der Waals surface area contributed by atoms with E-state index in [0.717, 1.165) is 61.9 Å². The van der Waals surface area contributed by atoms with Crippen molar-refractivity contribution in [2.75, 3.05) is 9.80 Å². The van der Waals surface area contributed by atoms with Gasteiger partial charge >= 0.3 is 0 Å². The highest BCUT2D eigenvalue weighted by Gasteiger charge is 2.45. The fraction of sp³-hybridized carbons (Fsp3) is 0.180. The summed E-state index contributed by atoms with van der Waals surface area (Å²) in [5.41, 5.74) is 22.1. The molecule has 0 saturated carbocycles. The van der Waals surface area contributed by atoms with Crippen molar-refractivity contribution in [1.29, 1.82) is 0 Å². The van der Waals surface area contributed by atoms with E-state index in [4.69, 9.17) is 15.0 Å². The SMILES string of the molecule is CC(C)(C)c1cc(-c2nc(-c3cc(C(C)(C)C)cc(C(C)(C)C)c3)nc(-c3cc4c5c(c3)N(c3ccc(-c6ccccc6)cc3)c3c(ccc6c3ccc3ccccc36)B5c3ccc5c(ccc6ccccc65)c3N4c3ccc(-c4ccccc4)cc3)n2)cc(C(C)(C)C)c1. The molecule has 0 spiro atoms. The fourth-order valence-corrected chi connectivity index (χ4v) is 14.7. The Kier molecular flexibility index (Phi) is 13.9. The predicted octanol–water partition coefficient (Wildman–Crippen LogP) is 22.1. The molecule has 5 nitrogen and oxygen atoms in total. The van der Waals surface area contributed by atoms with Crippen molar-refractivity contribution < 1.29 is 0 Å². The zero-order chi connectivity index (χ0) is 65.4. The first-order valence-electron chi connectivity index (χ1n) is 33.7. The van der Waals surface area contributed by atoms with E-state index in [1.807, 2.05) is 0 Å². The van der Waals surface area contributed by atoms with Gasteiger partial charge in [0.25, 0.3) is 6.71 Å². The summed E-state index contributed by atoms with van der Waals surface area (Å²) < 4.78 is 0. The normalized spacial score (nSPS) is 13.2. The Morgan fingerprint density at radius 2 is 0.579 bits per heavy atom. The van der Waals surface area contributed by atoms with Gasteiger partial charge in [0, 0.05) is 61.6 Å². The maximum Gasteiger partial charge on any atom is 0.252 e. The molecule has 0 N–H and O–H groups in total. The average Bonchev–Trinajstić information content (AvgIpc) is 0.685. The molecule has 14 aromatic rings. The van der Waals surface area contributed by atoms with E-state index in [-0.39, 0.29) is 28.4 Å². The molecule has 0 unspecified atom stereocenters. The molecular formula is C89H78BN5. The van der Waals surface area contributed by atoms with Crippen molar-refractivity contribution in [2.45, 2.75) is 105 Å². The van der Waals surface area contributed by atoms with Gasteiger partial charge in [-0.15, -0.1) is 0 Å². The van der Waals surface area contributed by atoms with Crippen LogP contribution in [0.3, 0.4) is 0 Å². The van der Waals surface area contributed by atoms with E-state index >= 15 is 0 Å². The first kappa shape index (κ1) is 59.6. The third kappa shape index (κ3) is 10.4. The van der Waals surface area contributed by atoms with Crippen LogP contribution in [0, 0.1) is 0 Å². The van der Waals surface area contributed by atoms with E-state index in [1.54, 1.807) is 0 Å². The molecule has 0 radical (unpaired) electrons. The minimum atomic E-state index is -0.193. The van der Waals surface area contributed by atoms with Gasteiger partial charge < -0.3 is 9.80 Å². The zero-order valence-electron chi connectivity index (χ0n) is 56.6. The molecular weight excluding hydrogens is 1150 g/mol. The predicted molar refractivity (Wildman–Crippen MR) is 406 cm³/mol. The maximum absolute atomic E-state index is 5.83. The summed E-state index contributed by atoms with van der Waals surface area (Å²) in [6, 6.07) is 95.5. The smallest absolute Gasteiger partial charge is 0.252 e. The summed E-state index contributed by atoms with van der Waals surface area (Å²) in [5, 5.41) is 9.65. The van der Waals surface area contributed by atoms with Gasteiger partial charge in [-0.05, 0) is 176 Å². The molecule has 2 aliphatic rings. The molecule has 1 aromatic heterocycles. The highest BCUT2D eigenvalue weighted by atomic mass is 15.2. The van der Waals surface area contributed by atoms with E-state index in [0.29, 0.717) is 17.5 Å². The number of hydrogen-bond donors (Lipinski definition) is 0. The molecule has 2 aliphatic heterocycles. The molecule has 0 amide bonds. The zero-order valence-corrected chi connectivity index (χ0v) is 56.6. The number of benzene rings is 13. The van der Waals surface area contributed by atoms with E-state index < -0.39 is 0 Å². The van der Waals surface area contributed by atoms with Gasteiger partial charge in [-0.1, -0.05) is 277 Å². The molecule has 0 fully saturated rings. The van der Waals surface area contributed by atoms with Gasteiger partial charge in [-0.2, -0.15) is 0 Å². The lowest BCUT2D eigenvalue weighted by molar-refractivity contribution is 0.568. The van der Waals surface area contributed by atoms with Crippen LogP contribution < -0.4 is 26.2 Å². The Hall–Kier alpha value is -10.4. The molecule has 13 aromatic carbocycles. The molecule has 0 aliphatic carbocycles. The highest BCUT2D eigenvalue weighted by Crippen LogP contribution is 2.51. The van der Waals surface area contributed by atoms with Gasteiger partial charge in [-0.25, -0.2) is 15.0 Å². The van der Waals surface area contributed by atoms with Gasteiger partial charge in [0.05, 0.1) is 0 Å². The first-order valence-corrected chi connectivity index (χ1v) is 33.7. The topological polar surface area (TPSA) is 45.2 Å². The molecule has 0 bridgehead atoms. The summed E-state index contributed by atoms with van der Waals surface area (Å²) in [7, 11) is 0. The minimum Gasteiger partial charge on any atom is -0.311 e. The standard InChI is InChI=1S/C89H78BN5/c1-86(2,3)64-47-61(48-65(53-64)87(4,5)6)83-91-84(62-49-66(88(7,8)9)54-67(50-62)89(10,11)12)93-85(92-83)63-51-78-80-79(52-63)95(69-39-33-58(34-40-69)56-25-17-14-18-26-56)82-75-42-36-60-28-20-22-30-71(60)73(75)44-46-77(82)90(80)76-45-43-72-70-29-21-19-27-59(70)35-41-74(72)81(76)94(78)68-37-31-57(32-38-68)55-23-15-13-16-24-55/h13-54H,1-12H3. The Bertz CT molecular complexity index is 5000. The van der Waals surface area contributed by atoms with Gasteiger partial charge in [0.2, 0.25) is 0 Å². The Morgan fingerprint density at radius 3 is 0.937 bits per heavy atom. The second-order valence-electron chi connectivity index (χ2n) is 30.5. The number of fused-ring (bicyclic) bond motifs is 12. The van der Waals surface area contributed by atoms with E-state index in [9.17, 15) is 0 Å². The number of anilines is 6. The van der Waals surface area contributed by atoms with Crippen LogP contribution in [-0.2, 0) is 21.7 Å². The molecule has 6 heteroatoms. The highest BCUT2D eigenvalue weighted by molar-refractivity contribution is 7.01.